The zero-order valence-corrected chi connectivity index (χ0v) is 11.6. The standard InChI is InChI=1S/C14H16N2O2S/c1-7-10(14(17)18)12(15)11-8-5-3-2-4-6-9(8)19-13(11)16-7/h2-6H2,1H3,(H2,15,16)(H,17,18). The van der Waals surface area contributed by atoms with E-state index in [9.17, 15) is 9.90 Å². The van der Waals surface area contributed by atoms with Gasteiger partial charge in [-0.15, -0.1) is 11.3 Å². The fourth-order valence-electron chi connectivity index (χ4n) is 2.88. The summed E-state index contributed by atoms with van der Waals surface area (Å²) in [5.41, 5.74) is 8.44. The van der Waals surface area contributed by atoms with Gasteiger partial charge >= 0.3 is 5.97 Å². The first-order valence-corrected chi connectivity index (χ1v) is 7.35. The molecule has 0 saturated heterocycles. The number of nitrogens with two attached hydrogens (primary N) is 1. The van der Waals surface area contributed by atoms with E-state index in [-0.39, 0.29) is 5.56 Å². The van der Waals surface area contributed by atoms with Crippen LogP contribution < -0.4 is 5.73 Å². The molecule has 0 aliphatic heterocycles. The minimum absolute atomic E-state index is 0.164. The predicted molar refractivity (Wildman–Crippen MR) is 77.0 cm³/mol. The summed E-state index contributed by atoms with van der Waals surface area (Å²) in [6.45, 7) is 1.71. The largest absolute Gasteiger partial charge is 0.478 e. The molecule has 1 aliphatic rings. The molecule has 2 aromatic heterocycles. The van der Waals surface area contributed by atoms with Gasteiger partial charge in [-0.2, -0.15) is 0 Å². The van der Waals surface area contributed by atoms with E-state index in [1.165, 1.54) is 23.3 Å². The van der Waals surface area contributed by atoms with Gasteiger partial charge in [-0.05, 0) is 38.2 Å². The zero-order valence-electron chi connectivity index (χ0n) is 10.8. The summed E-state index contributed by atoms with van der Waals surface area (Å²) in [5.74, 6) is -0.988. The first-order valence-electron chi connectivity index (χ1n) is 6.53. The van der Waals surface area contributed by atoms with Gasteiger partial charge in [0.1, 0.15) is 10.4 Å². The molecule has 19 heavy (non-hydrogen) atoms. The van der Waals surface area contributed by atoms with Gasteiger partial charge in [0, 0.05) is 10.3 Å². The fourth-order valence-corrected chi connectivity index (χ4v) is 4.21. The number of carboxylic acid groups (broad SMARTS) is 1. The number of hydrogen-bond donors (Lipinski definition) is 2. The van der Waals surface area contributed by atoms with Crippen LogP contribution in [0.15, 0.2) is 0 Å². The molecule has 0 radical (unpaired) electrons. The highest BCUT2D eigenvalue weighted by atomic mass is 32.1. The van der Waals surface area contributed by atoms with E-state index in [1.54, 1.807) is 18.3 Å². The molecule has 0 unspecified atom stereocenters. The molecule has 1 aliphatic carbocycles. The highest BCUT2D eigenvalue weighted by Crippen LogP contribution is 2.39. The van der Waals surface area contributed by atoms with Crippen molar-refractivity contribution in [3.63, 3.8) is 0 Å². The SMILES string of the molecule is Cc1nc2sc3c(c2c(N)c1C(=O)O)CCCCC3. The van der Waals surface area contributed by atoms with Crippen molar-refractivity contribution in [3.8, 4) is 0 Å². The Kier molecular flexibility index (Phi) is 2.93. The molecule has 0 atom stereocenters. The average molecular weight is 276 g/mol. The van der Waals surface area contributed by atoms with Gasteiger partial charge in [-0.25, -0.2) is 9.78 Å². The Morgan fingerprint density at radius 2 is 2.05 bits per heavy atom. The summed E-state index contributed by atoms with van der Waals surface area (Å²) < 4.78 is 0. The summed E-state index contributed by atoms with van der Waals surface area (Å²) in [5, 5.41) is 10.2. The van der Waals surface area contributed by atoms with Gasteiger partial charge in [0.25, 0.3) is 0 Å². The zero-order chi connectivity index (χ0) is 13.6. The van der Waals surface area contributed by atoms with Crippen molar-refractivity contribution >= 4 is 33.2 Å². The summed E-state index contributed by atoms with van der Waals surface area (Å²) >= 11 is 1.68. The van der Waals surface area contributed by atoms with Gasteiger partial charge in [0.2, 0.25) is 0 Å². The molecular formula is C14H16N2O2S. The number of hydrogen-bond acceptors (Lipinski definition) is 4. The third-order valence-electron chi connectivity index (χ3n) is 3.79. The minimum Gasteiger partial charge on any atom is -0.478 e. The number of fused-ring (bicyclic) bond motifs is 3. The van der Waals surface area contributed by atoms with Gasteiger partial charge in [0.15, 0.2) is 0 Å². The van der Waals surface area contributed by atoms with Crippen molar-refractivity contribution in [1.82, 2.24) is 4.98 Å². The highest BCUT2D eigenvalue weighted by molar-refractivity contribution is 7.19. The summed E-state index contributed by atoms with van der Waals surface area (Å²) in [6, 6.07) is 0. The van der Waals surface area contributed by atoms with Crippen molar-refractivity contribution in [1.29, 1.82) is 0 Å². The normalized spacial score (nSPS) is 15.2. The van der Waals surface area contributed by atoms with Crippen LogP contribution in [0.25, 0.3) is 10.2 Å². The van der Waals surface area contributed by atoms with Crippen LogP contribution in [0, 0.1) is 6.92 Å². The summed E-state index contributed by atoms with van der Waals surface area (Å²) in [7, 11) is 0. The number of aromatic nitrogens is 1. The highest BCUT2D eigenvalue weighted by Gasteiger charge is 2.23. The molecule has 0 fully saturated rings. The Morgan fingerprint density at radius 3 is 2.79 bits per heavy atom. The molecule has 0 amide bonds. The van der Waals surface area contributed by atoms with E-state index in [2.05, 4.69) is 4.98 Å². The molecule has 0 saturated carbocycles. The lowest BCUT2D eigenvalue weighted by Gasteiger charge is -2.07. The molecule has 3 rings (SSSR count). The second-order valence-electron chi connectivity index (χ2n) is 5.04. The topological polar surface area (TPSA) is 76.2 Å². The molecule has 3 N–H and O–H groups in total. The van der Waals surface area contributed by atoms with Crippen LogP contribution in [0.3, 0.4) is 0 Å². The minimum atomic E-state index is -0.988. The second-order valence-corrected chi connectivity index (χ2v) is 6.12. The lowest BCUT2D eigenvalue weighted by molar-refractivity contribution is 0.0697. The number of pyridine rings is 1. The van der Waals surface area contributed by atoms with E-state index in [4.69, 9.17) is 5.73 Å². The number of aromatic carboxylic acids is 1. The molecule has 5 heteroatoms. The maximum absolute atomic E-state index is 11.3. The average Bonchev–Trinajstić information content (AvgIpc) is 2.52. The number of anilines is 1. The van der Waals surface area contributed by atoms with E-state index in [1.807, 2.05) is 0 Å². The molecule has 0 aromatic carbocycles. The van der Waals surface area contributed by atoms with Crippen molar-refractivity contribution in [2.45, 2.75) is 39.0 Å². The Balaban J connectivity index is 2.34. The van der Waals surface area contributed by atoms with Crippen molar-refractivity contribution < 1.29 is 9.90 Å². The van der Waals surface area contributed by atoms with Crippen LogP contribution in [0.4, 0.5) is 5.69 Å². The van der Waals surface area contributed by atoms with Gasteiger partial charge < -0.3 is 10.8 Å². The molecule has 100 valence electrons. The number of rotatable bonds is 1. The smallest absolute Gasteiger partial charge is 0.339 e. The lowest BCUT2D eigenvalue weighted by atomic mass is 10.0. The van der Waals surface area contributed by atoms with Gasteiger partial charge in [-0.3, -0.25) is 0 Å². The summed E-state index contributed by atoms with van der Waals surface area (Å²) in [6.07, 6.45) is 5.63. The van der Waals surface area contributed by atoms with Crippen LogP contribution >= 0.6 is 11.3 Å². The number of carbonyl (C=O) groups is 1. The number of thiophene rings is 1. The molecular weight excluding hydrogens is 260 g/mol. The van der Waals surface area contributed by atoms with E-state index < -0.39 is 5.97 Å². The fraction of sp³-hybridized carbons (Fsp3) is 0.429. The molecule has 4 nitrogen and oxygen atoms in total. The van der Waals surface area contributed by atoms with Gasteiger partial charge in [-0.1, -0.05) is 6.42 Å². The molecule has 2 heterocycles. The lowest BCUT2D eigenvalue weighted by Crippen LogP contribution is -2.07. The Hall–Kier alpha value is -1.62. The Morgan fingerprint density at radius 1 is 1.32 bits per heavy atom. The first kappa shape index (κ1) is 12.4. The maximum atomic E-state index is 11.3. The maximum Gasteiger partial charge on any atom is 0.339 e. The predicted octanol–water partition coefficient (Wildman–Crippen LogP) is 3.15. The number of nitrogens with zero attached hydrogens (tertiary/aromatic N) is 1. The second kappa shape index (κ2) is 4.49. The Labute approximate surface area is 115 Å². The summed E-state index contributed by atoms with van der Waals surface area (Å²) in [4.78, 5) is 18.0. The monoisotopic (exact) mass is 276 g/mol. The molecule has 0 bridgehead atoms. The Bertz CT molecular complexity index is 676. The van der Waals surface area contributed by atoms with Crippen molar-refractivity contribution in [3.05, 3.63) is 21.7 Å². The quantitative estimate of drug-likeness (QED) is 0.784. The van der Waals surface area contributed by atoms with E-state index in [0.29, 0.717) is 11.4 Å². The van der Waals surface area contributed by atoms with Crippen LogP contribution in [-0.4, -0.2) is 16.1 Å². The van der Waals surface area contributed by atoms with Crippen LogP contribution in [0.1, 0.15) is 45.8 Å². The van der Waals surface area contributed by atoms with Crippen molar-refractivity contribution in [2.75, 3.05) is 5.73 Å². The number of carboxylic acids is 1. The van der Waals surface area contributed by atoms with Crippen LogP contribution in [0.2, 0.25) is 0 Å². The van der Waals surface area contributed by atoms with Crippen LogP contribution in [0.5, 0.6) is 0 Å². The van der Waals surface area contributed by atoms with Gasteiger partial charge in [0.05, 0.1) is 11.4 Å². The molecule has 0 spiro atoms. The number of nitrogen functional groups attached to an aromatic ring is 1. The number of aryl methyl sites for hydroxylation is 3. The third-order valence-corrected chi connectivity index (χ3v) is 4.97. The van der Waals surface area contributed by atoms with E-state index in [0.717, 1.165) is 29.5 Å². The van der Waals surface area contributed by atoms with Crippen LogP contribution in [-0.2, 0) is 12.8 Å². The van der Waals surface area contributed by atoms with E-state index >= 15 is 0 Å². The first-order chi connectivity index (χ1) is 9.09. The molecule has 2 aromatic rings. The van der Waals surface area contributed by atoms with Crippen molar-refractivity contribution in [2.24, 2.45) is 0 Å². The third kappa shape index (κ3) is 1.89.